The smallest absolute Gasteiger partial charge is 0.0614 e. The molecular formula is C18H19ClN2. The SMILES string of the molecule is Nc1cccc2c1N[C@H](c1ccc(Cl)cc1)[C@H]1CCC[C@@H]21. The number of hydrogen-bond donors (Lipinski definition) is 2. The average Bonchev–Trinajstić information content (AvgIpc) is 2.98. The molecule has 0 aromatic heterocycles. The van der Waals surface area contributed by atoms with Gasteiger partial charge in [-0.25, -0.2) is 0 Å². The molecule has 3 atom stereocenters. The fourth-order valence-corrected chi connectivity index (χ4v) is 4.23. The normalized spacial score (nSPS) is 26.8. The van der Waals surface area contributed by atoms with E-state index in [-0.39, 0.29) is 0 Å². The molecule has 2 aromatic rings. The van der Waals surface area contributed by atoms with Gasteiger partial charge in [-0.15, -0.1) is 0 Å². The van der Waals surface area contributed by atoms with Gasteiger partial charge in [0.25, 0.3) is 0 Å². The van der Waals surface area contributed by atoms with Crippen LogP contribution in [0.15, 0.2) is 42.5 Å². The van der Waals surface area contributed by atoms with E-state index in [1.165, 1.54) is 30.4 Å². The summed E-state index contributed by atoms with van der Waals surface area (Å²) in [4.78, 5) is 0. The van der Waals surface area contributed by atoms with Crippen molar-refractivity contribution in [3.05, 3.63) is 58.6 Å². The quantitative estimate of drug-likeness (QED) is 0.729. The summed E-state index contributed by atoms with van der Waals surface area (Å²) in [5.74, 6) is 1.28. The van der Waals surface area contributed by atoms with E-state index < -0.39 is 0 Å². The molecule has 3 heteroatoms. The lowest BCUT2D eigenvalue weighted by atomic mass is 9.77. The molecule has 4 rings (SSSR count). The molecule has 2 nitrogen and oxygen atoms in total. The van der Waals surface area contributed by atoms with Gasteiger partial charge in [-0.2, -0.15) is 0 Å². The molecule has 1 aliphatic carbocycles. The first-order valence-electron chi connectivity index (χ1n) is 7.64. The Morgan fingerprint density at radius 2 is 1.86 bits per heavy atom. The summed E-state index contributed by atoms with van der Waals surface area (Å²) < 4.78 is 0. The summed E-state index contributed by atoms with van der Waals surface area (Å²) >= 11 is 6.03. The highest BCUT2D eigenvalue weighted by molar-refractivity contribution is 6.30. The number of nitrogen functional groups attached to an aromatic ring is 1. The second-order valence-corrected chi connectivity index (χ2v) is 6.62. The molecule has 1 saturated carbocycles. The van der Waals surface area contributed by atoms with Crippen LogP contribution in [0.2, 0.25) is 5.02 Å². The van der Waals surface area contributed by atoms with E-state index in [0.717, 1.165) is 16.4 Å². The van der Waals surface area contributed by atoms with Crippen molar-refractivity contribution in [3.63, 3.8) is 0 Å². The van der Waals surface area contributed by atoms with Gasteiger partial charge in [-0.3, -0.25) is 0 Å². The molecular weight excluding hydrogens is 280 g/mol. The molecule has 0 radical (unpaired) electrons. The minimum absolute atomic E-state index is 0.340. The van der Waals surface area contributed by atoms with Gasteiger partial charge in [0.15, 0.2) is 0 Å². The van der Waals surface area contributed by atoms with Crippen molar-refractivity contribution in [1.29, 1.82) is 0 Å². The molecule has 21 heavy (non-hydrogen) atoms. The lowest BCUT2D eigenvalue weighted by molar-refractivity contribution is 0.406. The Balaban J connectivity index is 1.79. The maximum Gasteiger partial charge on any atom is 0.0614 e. The van der Waals surface area contributed by atoms with E-state index in [1.54, 1.807) is 0 Å². The summed E-state index contributed by atoms with van der Waals surface area (Å²) in [6, 6.07) is 14.9. The number of para-hydroxylation sites is 1. The average molecular weight is 299 g/mol. The monoisotopic (exact) mass is 298 g/mol. The van der Waals surface area contributed by atoms with Crippen LogP contribution in [0.3, 0.4) is 0 Å². The lowest BCUT2D eigenvalue weighted by Crippen LogP contribution is -2.29. The van der Waals surface area contributed by atoms with E-state index in [1.807, 2.05) is 18.2 Å². The highest BCUT2D eigenvalue weighted by Gasteiger charge is 2.40. The molecule has 1 heterocycles. The zero-order chi connectivity index (χ0) is 14.4. The maximum absolute atomic E-state index is 6.20. The molecule has 0 amide bonds. The minimum Gasteiger partial charge on any atom is -0.397 e. The predicted molar refractivity (Wildman–Crippen MR) is 88.8 cm³/mol. The Bertz CT molecular complexity index is 665. The third-order valence-electron chi connectivity index (χ3n) is 5.05. The first-order valence-corrected chi connectivity index (χ1v) is 8.02. The van der Waals surface area contributed by atoms with Gasteiger partial charge in [-0.05, 0) is 54.0 Å². The van der Waals surface area contributed by atoms with Crippen molar-refractivity contribution in [2.24, 2.45) is 5.92 Å². The van der Waals surface area contributed by atoms with E-state index in [9.17, 15) is 0 Å². The predicted octanol–water partition coefficient (Wildman–Crippen LogP) is 4.97. The zero-order valence-electron chi connectivity index (χ0n) is 11.9. The Hall–Kier alpha value is -1.67. The van der Waals surface area contributed by atoms with Crippen molar-refractivity contribution >= 4 is 23.0 Å². The van der Waals surface area contributed by atoms with E-state index >= 15 is 0 Å². The Labute approximate surface area is 130 Å². The molecule has 0 saturated heterocycles. The van der Waals surface area contributed by atoms with Crippen LogP contribution in [0, 0.1) is 5.92 Å². The van der Waals surface area contributed by atoms with Crippen molar-refractivity contribution in [2.75, 3.05) is 11.1 Å². The van der Waals surface area contributed by atoms with Crippen molar-refractivity contribution in [3.8, 4) is 0 Å². The molecule has 0 unspecified atom stereocenters. The van der Waals surface area contributed by atoms with Gasteiger partial charge in [0, 0.05) is 5.02 Å². The van der Waals surface area contributed by atoms with Crippen LogP contribution < -0.4 is 11.1 Å². The largest absolute Gasteiger partial charge is 0.397 e. The fourth-order valence-electron chi connectivity index (χ4n) is 4.10. The van der Waals surface area contributed by atoms with Crippen LogP contribution in [0.25, 0.3) is 0 Å². The third-order valence-corrected chi connectivity index (χ3v) is 5.31. The number of anilines is 2. The summed E-state index contributed by atoms with van der Waals surface area (Å²) in [5.41, 5.74) is 10.9. The van der Waals surface area contributed by atoms with Gasteiger partial charge in [-0.1, -0.05) is 42.3 Å². The number of nitrogens with two attached hydrogens (primary N) is 1. The van der Waals surface area contributed by atoms with Crippen molar-refractivity contribution in [1.82, 2.24) is 0 Å². The summed E-state index contributed by atoms with van der Waals surface area (Å²) in [5, 5.41) is 4.49. The Morgan fingerprint density at radius 1 is 1.05 bits per heavy atom. The van der Waals surface area contributed by atoms with Gasteiger partial charge >= 0.3 is 0 Å². The van der Waals surface area contributed by atoms with Crippen LogP contribution in [-0.2, 0) is 0 Å². The number of fused-ring (bicyclic) bond motifs is 3. The molecule has 2 aliphatic rings. The summed E-state index contributed by atoms with van der Waals surface area (Å²) in [6.45, 7) is 0. The van der Waals surface area contributed by atoms with Crippen LogP contribution in [-0.4, -0.2) is 0 Å². The third kappa shape index (κ3) is 2.09. The molecule has 2 aromatic carbocycles. The molecule has 3 N–H and O–H groups in total. The second-order valence-electron chi connectivity index (χ2n) is 6.19. The Morgan fingerprint density at radius 3 is 2.67 bits per heavy atom. The number of rotatable bonds is 1. The zero-order valence-corrected chi connectivity index (χ0v) is 12.6. The van der Waals surface area contributed by atoms with E-state index in [2.05, 4.69) is 29.6 Å². The molecule has 1 fully saturated rings. The Kier molecular flexibility index (Phi) is 3.07. The fraction of sp³-hybridized carbons (Fsp3) is 0.333. The van der Waals surface area contributed by atoms with Crippen molar-refractivity contribution < 1.29 is 0 Å². The highest BCUT2D eigenvalue weighted by Crippen LogP contribution is 2.53. The highest BCUT2D eigenvalue weighted by atomic mass is 35.5. The van der Waals surface area contributed by atoms with Crippen molar-refractivity contribution in [2.45, 2.75) is 31.2 Å². The van der Waals surface area contributed by atoms with Crippen LogP contribution in [0.5, 0.6) is 0 Å². The number of nitrogens with one attached hydrogen (secondary N) is 1. The maximum atomic E-state index is 6.20. The molecule has 0 spiro atoms. The first-order chi connectivity index (χ1) is 10.2. The summed E-state index contributed by atoms with van der Waals surface area (Å²) in [7, 11) is 0. The van der Waals surface area contributed by atoms with Gasteiger partial charge in [0.2, 0.25) is 0 Å². The minimum atomic E-state index is 0.340. The molecule has 108 valence electrons. The van der Waals surface area contributed by atoms with Gasteiger partial charge < -0.3 is 11.1 Å². The first kappa shape index (κ1) is 13.0. The van der Waals surface area contributed by atoms with Gasteiger partial charge in [0.05, 0.1) is 17.4 Å². The standard InChI is InChI=1S/C18H19ClN2/c19-12-9-7-11(8-10-12)17-14-4-1-3-13(14)15-5-2-6-16(20)18(15)21-17/h2,5-10,13-14,17,21H,1,3-4,20H2/t13-,14+,17-/m1/s1. The van der Waals surface area contributed by atoms with E-state index in [4.69, 9.17) is 17.3 Å². The molecule has 1 aliphatic heterocycles. The topological polar surface area (TPSA) is 38.0 Å². The van der Waals surface area contributed by atoms with Gasteiger partial charge in [0.1, 0.15) is 0 Å². The van der Waals surface area contributed by atoms with Crippen LogP contribution in [0.4, 0.5) is 11.4 Å². The van der Waals surface area contributed by atoms with Crippen LogP contribution in [0.1, 0.15) is 42.3 Å². The number of benzene rings is 2. The number of hydrogen-bond acceptors (Lipinski definition) is 2. The summed E-state index contributed by atoms with van der Waals surface area (Å²) in [6.07, 6.45) is 3.85. The number of halogens is 1. The lowest BCUT2D eigenvalue weighted by Gasteiger charge is -2.38. The second kappa shape index (κ2) is 4.96. The van der Waals surface area contributed by atoms with Crippen LogP contribution >= 0.6 is 11.6 Å². The molecule has 0 bridgehead atoms. The van der Waals surface area contributed by atoms with E-state index in [0.29, 0.717) is 17.9 Å².